The lowest BCUT2D eigenvalue weighted by Crippen LogP contribution is -2.06. The van der Waals surface area contributed by atoms with Gasteiger partial charge in [0, 0.05) is 17.2 Å². The van der Waals surface area contributed by atoms with Gasteiger partial charge < -0.3 is 14.2 Å². The van der Waals surface area contributed by atoms with Gasteiger partial charge in [-0.2, -0.15) is 8.78 Å². The number of methoxy groups -OCH3 is 1. The monoisotopic (exact) mass is 404 g/mol. The average Bonchev–Trinajstić information content (AvgIpc) is 3.02. The van der Waals surface area contributed by atoms with Crippen molar-refractivity contribution in [1.82, 2.24) is 0 Å². The number of nitrogens with zero attached hydrogens (tertiary/aromatic N) is 2. The summed E-state index contributed by atoms with van der Waals surface area (Å²) in [5, 5.41) is 10.9. The molecule has 1 heterocycles. The van der Waals surface area contributed by atoms with Crippen LogP contribution in [0.4, 0.5) is 14.5 Å². The summed E-state index contributed by atoms with van der Waals surface area (Å²) in [6, 6.07) is 8.36. The number of hydrogen-bond donors (Lipinski definition) is 0. The molecule has 0 radical (unpaired) electrons. The maximum Gasteiger partial charge on any atom is 0.387 e. The van der Waals surface area contributed by atoms with Crippen LogP contribution in [0.25, 0.3) is 6.08 Å². The van der Waals surface area contributed by atoms with E-state index in [1.165, 1.54) is 49.6 Å². The Hall–Kier alpha value is -3.82. The molecule has 0 unspecified atom stereocenters. The minimum absolute atomic E-state index is 0.00358. The van der Waals surface area contributed by atoms with Gasteiger partial charge in [0.15, 0.2) is 17.2 Å². The summed E-state index contributed by atoms with van der Waals surface area (Å²) in [6.07, 6.45) is 1.39. The topological polar surface area (TPSA) is 100 Å². The summed E-state index contributed by atoms with van der Waals surface area (Å²) < 4.78 is 39.3. The summed E-state index contributed by atoms with van der Waals surface area (Å²) in [4.78, 5) is 26.6. The Morgan fingerprint density at radius 3 is 2.59 bits per heavy atom. The van der Waals surface area contributed by atoms with Crippen LogP contribution in [0.3, 0.4) is 0 Å². The number of nitro groups is 1. The number of alkyl halides is 2. The number of aliphatic imine (C=N–C) groups is 1. The lowest BCUT2D eigenvalue weighted by atomic mass is 10.1. The highest BCUT2D eigenvalue weighted by Gasteiger charge is 2.25. The van der Waals surface area contributed by atoms with Crippen molar-refractivity contribution in [2.75, 3.05) is 7.11 Å². The first-order chi connectivity index (χ1) is 13.8. The van der Waals surface area contributed by atoms with Crippen LogP contribution in [0.2, 0.25) is 0 Å². The Morgan fingerprint density at radius 1 is 1.21 bits per heavy atom. The molecule has 0 aliphatic carbocycles. The Kier molecular flexibility index (Phi) is 5.53. The van der Waals surface area contributed by atoms with Gasteiger partial charge in [0.2, 0.25) is 5.90 Å². The van der Waals surface area contributed by atoms with E-state index in [2.05, 4.69) is 9.73 Å². The SMILES string of the molecule is COc1cc(/C=C2\N=C(c3ccc([N+](=O)[O-])c(C)c3)OC2=O)ccc1OC(F)F. The molecule has 10 heteroatoms. The van der Waals surface area contributed by atoms with E-state index < -0.39 is 17.5 Å². The molecule has 0 bridgehead atoms. The molecule has 0 spiro atoms. The van der Waals surface area contributed by atoms with Gasteiger partial charge in [-0.3, -0.25) is 10.1 Å². The van der Waals surface area contributed by atoms with Crippen LogP contribution < -0.4 is 9.47 Å². The highest BCUT2D eigenvalue weighted by atomic mass is 19.3. The molecule has 0 fully saturated rings. The Balaban J connectivity index is 1.91. The Bertz CT molecular complexity index is 1050. The van der Waals surface area contributed by atoms with Gasteiger partial charge in [0.05, 0.1) is 12.0 Å². The normalized spacial score (nSPS) is 14.7. The third-order valence-electron chi connectivity index (χ3n) is 3.97. The smallest absolute Gasteiger partial charge is 0.387 e. The average molecular weight is 404 g/mol. The lowest BCUT2D eigenvalue weighted by molar-refractivity contribution is -0.385. The number of aryl methyl sites for hydroxylation is 1. The van der Waals surface area contributed by atoms with E-state index in [-0.39, 0.29) is 28.8 Å². The molecule has 1 aliphatic rings. The first-order valence-corrected chi connectivity index (χ1v) is 8.19. The molecule has 2 aromatic rings. The third-order valence-corrected chi connectivity index (χ3v) is 3.97. The number of cyclic esters (lactones) is 1. The van der Waals surface area contributed by atoms with Crippen molar-refractivity contribution in [1.29, 1.82) is 0 Å². The number of hydrogen-bond acceptors (Lipinski definition) is 7. The number of carbonyl (C=O) groups is 1. The fourth-order valence-electron chi connectivity index (χ4n) is 2.65. The van der Waals surface area contributed by atoms with Crippen molar-refractivity contribution in [2.45, 2.75) is 13.5 Å². The maximum absolute atomic E-state index is 12.4. The zero-order chi connectivity index (χ0) is 21.1. The molecule has 1 aliphatic heterocycles. The predicted octanol–water partition coefficient (Wildman–Crippen LogP) is 3.86. The molecule has 0 saturated heterocycles. The van der Waals surface area contributed by atoms with Gasteiger partial charge in [-0.05, 0) is 42.8 Å². The van der Waals surface area contributed by atoms with Gasteiger partial charge in [0.1, 0.15) is 0 Å². The van der Waals surface area contributed by atoms with E-state index in [9.17, 15) is 23.7 Å². The molecule has 2 aromatic carbocycles. The summed E-state index contributed by atoms with van der Waals surface area (Å²) in [5.41, 5.74) is 1.15. The molecule has 150 valence electrons. The van der Waals surface area contributed by atoms with Crippen molar-refractivity contribution >= 4 is 23.6 Å². The molecular weight excluding hydrogens is 390 g/mol. The van der Waals surface area contributed by atoms with Crippen LogP contribution in [-0.2, 0) is 9.53 Å². The molecule has 0 saturated carbocycles. The molecule has 0 aromatic heterocycles. The molecule has 0 N–H and O–H groups in total. The lowest BCUT2D eigenvalue weighted by Gasteiger charge is -2.10. The highest BCUT2D eigenvalue weighted by Crippen LogP contribution is 2.31. The largest absolute Gasteiger partial charge is 0.493 e. The molecule has 0 atom stereocenters. The standard InChI is InChI=1S/C19H14F2N2O6/c1-10-7-12(4-5-14(10)23(25)26)17-22-13(18(24)29-17)8-11-3-6-15(28-19(20)21)16(9-11)27-2/h3-9,19H,1-2H3/b13-8-. The molecule has 29 heavy (non-hydrogen) atoms. The van der Waals surface area contributed by atoms with Gasteiger partial charge >= 0.3 is 12.6 Å². The van der Waals surface area contributed by atoms with E-state index in [4.69, 9.17) is 9.47 Å². The number of rotatable bonds is 6. The Morgan fingerprint density at radius 2 is 1.97 bits per heavy atom. The van der Waals surface area contributed by atoms with Crippen molar-refractivity contribution in [3.8, 4) is 11.5 Å². The highest BCUT2D eigenvalue weighted by molar-refractivity contribution is 6.13. The predicted molar refractivity (Wildman–Crippen MR) is 98.1 cm³/mol. The van der Waals surface area contributed by atoms with Gasteiger partial charge in [-0.15, -0.1) is 0 Å². The van der Waals surface area contributed by atoms with Crippen molar-refractivity contribution in [3.05, 3.63) is 68.9 Å². The first-order valence-electron chi connectivity index (χ1n) is 8.19. The van der Waals surface area contributed by atoms with E-state index in [1.54, 1.807) is 6.92 Å². The number of nitro benzene ring substituents is 1. The maximum atomic E-state index is 12.4. The zero-order valence-electron chi connectivity index (χ0n) is 15.2. The van der Waals surface area contributed by atoms with Crippen molar-refractivity contribution in [3.63, 3.8) is 0 Å². The van der Waals surface area contributed by atoms with E-state index in [0.717, 1.165) is 0 Å². The summed E-state index contributed by atoms with van der Waals surface area (Å²) in [7, 11) is 1.29. The zero-order valence-corrected chi connectivity index (χ0v) is 15.2. The minimum atomic E-state index is -3.00. The molecule has 8 nitrogen and oxygen atoms in total. The second kappa shape index (κ2) is 8.05. The summed E-state index contributed by atoms with van der Waals surface area (Å²) >= 11 is 0. The second-order valence-electron chi connectivity index (χ2n) is 5.88. The van der Waals surface area contributed by atoms with E-state index >= 15 is 0 Å². The Labute approximate surface area is 163 Å². The van der Waals surface area contributed by atoms with Crippen LogP contribution >= 0.6 is 0 Å². The van der Waals surface area contributed by atoms with E-state index in [0.29, 0.717) is 16.7 Å². The number of ether oxygens (including phenoxy) is 3. The van der Waals surface area contributed by atoms with Crippen LogP contribution in [0.15, 0.2) is 47.1 Å². The molecular formula is C19H14F2N2O6. The molecule has 0 amide bonds. The van der Waals surface area contributed by atoms with Crippen molar-refractivity contribution < 1.29 is 32.7 Å². The van der Waals surface area contributed by atoms with Crippen LogP contribution in [0.1, 0.15) is 16.7 Å². The van der Waals surface area contributed by atoms with Crippen LogP contribution in [0, 0.1) is 17.0 Å². The second-order valence-corrected chi connectivity index (χ2v) is 5.88. The minimum Gasteiger partial charge on any atom is -0.493 e. The number of halogens is 2. The quantitative estimate of drug-likeness (QED) is 0.314. The number of carbonyl (C=O) groups excluding carboxylic acids is 1. The fourth-order valence-corrected chi connectivity index (χ4v) is 2.65. The van der Waals surface area contributed by atoms with Gasteiger partial charge in [0.25, 0.3) is 5.69 Å². The van der Waals surface area contributed by atoms with Crippen LogP contribution in [0.5, 0.6) is 11.5 Å². The fraction of sp³-hybridized carbons (Fsp3) is 0.158. The van der Waals surface area contributed by atoms with Gasteiger partial charge in [-0.25, -0.2) is 9.79 Å². The third kappa shape index (κ3) is 4.37. The number of esters is 1. The van der Waals surface area contributed by atoms with Gasteiger partial charge in [-0.1, -0.05) is 6.07 Å². The summed E-state index contributed by atoms with van der Waals surface area (Å²) in [6.45, 7) is -1.44. The number of benzene rings is 2. The molecule has 3 rings (SSSR count). The van der Waals surface area contributed by atoms with Crippen LogP contribution in [-0.4, -0.2) is 30.5 Å². The summed E-state index contributed by atoms with van der Waals surface area (Å²) in [5.74, 6) is -0.808. The first kappa shape index (κ1) is 19.9. The van der Waals surface area contributed by atoms with E-state index in [1.807, 2.05) is 0 Å². The van der Waals surface area contributed by atoms with Crippen molar-refractivity contribution in [2.24, 2.45) is 4.99 Å².